The second-order valence-electron chi connectivity index (χ2n) is 2.13. The third kappa shape index (κ3) is 1.18. The van der Waals surface area contributed by atoms with Crippen LogP contribution in [0.4, 0.5) is 0 Å². The van der Waals surface area contributed by atoms with E-state index in [4.69, 9.17) is 15.6 Å². The summed E-state index contributed by atoms with van der Waals surface area (Å²) >= 11 is 0. The molecule has 2 atom stereocenters. The van der Waals surface area contributed by atoms with Gasteiger partial charge in [0.05, 0.1) is 19.3 Å². The van der Waals surface area contributed by atoms with Gasteiger partial charge in [0, 0.05) is 6.04 Å². The van der Waals surface area contributed by atoms with Gasteiger partial charge >= 0.3 is 0 Å². The first-order valence-corrected chi connectivity index (χ1v) is 2.81. The third-order valence-electron chi connectivity index (χ3n) is 1.32. The molecule has 0 spiro atoms. The maximum absolute atomic E-state index is 8.50. The second-order valence-corrected chi connectivity index (χ2v) is 2.13. The van der Waals surface area contributed by atoms with E-state index in [1.807, 2.05) is 0 Å². The lowest BCUT2D eigenvalue weighted by Gasteiger charge is -2.00. The standard InChI is InChI=1S/C5H11NO2/c6-4-1-5(2-7)8-3-4/h4-5,7H,1-3,6H2/t4-,5+/m0/s1. The molecule has 0 unspecified atom stereocenters. The molecular weight excluding hydrogens is 106 g/mol. The molecule has 3 heteroatoms. The van der Waals surface area contributed by atoms with E-state index in [1.165, 1.54) is 0 Å². The van der Waals surface area contributed by atoms with Crippen LogP contribution in [0.25, 0.3) is 0 Å². The van der Waals surface area contributed by atoms with E-state index in [-0.39, 0.29) is 18.8 Å². The van der Waals surface area contributed by atoms with Crippen LogP contribution in [0.5, 0.6) is 0 Å². The molecule has 1 aliphatic rings. The summed E-state index contributed by atoms with van der Waals surface area (Å²) in [6, 6.07) is 0.146. The summed E-state index contributed by atoms with van der Waals surface area (Å²) in [5.74, 6) is 0. The van der Waals surface area contributed by atoms with Gasteiger partial charge in [0.1, 0.15) is 0 Å². The maximum atomic E-state index is 8.50. The summed E-state index contributed by atoms with van der Waals surface area (Å²) in [6.07, 6.45) is 0.807. The molecule has 1 fully saturated rings. The smallest absolute Gasteiger partial charge is 0.0822 e. The predicted octanol–water partition coefficient (Wildman–Crippen LogP) is -0.905. The van der Waals surface area contributed by atoms with Crippen molar-refractivity contribution in [3.05, 3.63) is 0 Å². The van der Waals surface area contributed by atoms with E-state index in [0.717, 1.165) is 6.42 Å². The molecule has 0 bridgehead atoms. The summed E-state index contributed by atoms with van der Waals surface area (Å²) in [5.41, 5.74) is 5.46. The van der Waals surface area contributed by atoms with E-state index >= 15 is 0 Å². The molecule has 1 rings (SSSR count). The van der Waals surface area contributed by atoms with Crippen molar-refractivity contribution >= 4 is 0 Å². The number of ether oxygens (including phenoxy) is 1. The van der Waals surface area contributed by atoms with Crippen molar-refractivity contribution in [3.63, 3.8) is 0 Å². The maximum Gasteiger partial charge on any atom is 0.0822 e. The molecule has 8 heavy (non-hydrogen) atoms. The molecule has 48 valence electrons. The van der Waals surface area contributed by atoms with Crippen molar-refractivity contribution in [1.82, 2.24) is 0 Å². The van der Waals surface area contributed by atoms with Crippen LogP contribution in [0.2, 0.25) is 0 Å². The quantitative estimate of drug-likeness (QED) is 0.467. The van der Waals surface area contributed by atoms with Crippen LogP contribution in [-0.2, 0) is 4.74 Å². The van der Waals surface area contributed by atoms with Crippen molar-refractivity contribution in [2.24, 2.45) is 5.73 Å². The average Bonchev–Trinajstić information content (AvgIpc) is 2.14. The minimum absolute atomic E-state index is 0.00463. The number of hydrogen-bond donors (Lipinski definition) is 2. The Labute approximate surface area is 48.4 Å². The predicted molar refractivity (Wildman–Crippen MR) is 29.4 cm³/mol. The van der Waals surface area contributed by atoms with Crippen LogP contribution < -0.4 is 5.73 Å². The van der Waals surface area contributed by atoms with Crippen LogP contribution in [0.1, 0.15) is 6.42 Å². The van der Waals surface area contributed by atoms with E-state index in [0.29, 0.717) is 6.61 Å². The van der Waals surface area contributed by atoms with Gasteiger partial charge in [0.2, 0.25) is 0 Å². The number of aliphatic hydroxyl groups is 1. The Balaban J connectivity index is 2.22. The lowest BCUT2D eigenvalue weighted by molar-refractivity contribution is 0.0585. The molecule has 0 radical (unpaired) electrons. The number of nitrogens with two attached hydrogens (primary N) is 1. The average molecular weight is 117 g/mol. The van der Waals surface area contributed by atoms with Crippen LogP contribution in [0.15, 0.2) is 0 Å². The lowest BCUT2D eigenvalue weighted by atomic mass is 10.2. The minimum atomic E-state index is 0.00463. The summed E-state index contributed by atoms with van der Waals surface area (Å²) < 4.78 is 5.04. The fraction of sp³-hybridized carbons (Fsp3) is 1.00. The summed E-state index contributed by atoms with van der Waals surface area (Å²) in [7, 11) is 0. The Morgan fingerprint density at radius 3 is 2.75 bits per heavy atom. The Morgan fingerprint density at radius 2 is 2.50 bits per heavy atom. The van der Waals surface area contributed by atoms with Gasteiger partial charge in [0.25, 0.3) is 0 Å². The van der Waals surface area contributed by atoms with E-state index in [9.17, 15) is 0 Å². The first-order valence-electron chi connectivity index (χ1n) is 2.81. The Hall–Kier alpha value is -0.120. The molecule has 0 amide bonds. The van der Waals surface area contributed by atoms with E-state index < -0.39 is 0 Å². The largest absolute Gasteiger partial charge is 0.394 e. The topological polar surface area (TPSA) is 55.5 Å². The van der Waals surface area contributed by atoms with Crippen LogP contribution in [0, 0.1) is 0 Å². The first-order chi connectivity index (χ1) is 3.83. The normalized spacial score (nSPS) is 38.2. The number of aliphatic hydroxyl groups excluding tert-OH is 1. The summed E-state index contributed by atoms with van der Waals surface area (Å²) in [4.78, 5) is 0. The number of rotatable bonds is 1. The van der Waals surface area contributed by atoms with Crippen molar-refractivity contribution in [2.45, 2.75) is 18.6 Å². The molecule has 0 aliphatic carbocycles. The van der Waals surface area contributed by atoms with Gasteiger partial charge in [-0.05, 0) is 6.42 Å². The first kappa shape index (κ1) is 6.01. The molecule has 1 aliphatic heterocycles. The Kier molecular flexibility index (Phi) is 1.83. The molecular formula is C5H11NO2. The molecule has 1 heterocycles. The van der Waals surface area contributed by atoms with E-state index in [1.54, 1.807) is 0 Å². The fourth-order valence-electron chi connectivity index (χ4n) is 0.861. The molecule has 3 N–H and O–H groups in total. The van der Waals surface area contributed by atoms with Gasteiger partial charge in [-0.1, -0.05) is 0 Å². The SMILES string of the molecule is N[C@@H]1CO[C@@H](CO)C1. The van der Waals surface area contributed by atoms with Crippen molar-refractivity contribution in [1.29, 1.82) is 0 Å². The fourth-order valence-corrected chi connectivity index (χ4v) is 0.861. The lowest BCUT2D eigenvalue weighted by Crippen LogP contribution is -2.19. The summed E-state index contributed by atoms with van der Waals surface area (Å²) in [5, 5.41) is 8.50. The zero-order chi connectivity index (χ0) is 5.98. The molecule has 0 saturated carbocycles. The zero-order valence-corrected chi connectivity index (χ0v) is 4.71. The van der Waals surface area contributed by atoms with Crippen LogP contribution in [0.3, 0.4) is 0 Å². The van der Waals surface area contributed by atoms with Gasteiger partial charge < -0.3 is 15.6 Å². The van der Waals surface area contributed by atoms with Crippen molar-refractivity contribution < 1.29 is 9.84 Å². The molecule has 0 aromatic carbocycles. The van der Waals surface area contributed by atoms with E-state index in [2.05, 4.69) is 0 Å². The zero-order valence-electron chi connectivity index (χ0n) is 4.71. The van der Waals surface area contributed by atoms with Crippen LogP contribution >= 0.6 is 0 Å². The Morgan fingerprint density at radius 1 is 1.75 bits per heavy atom. The minimum Gasteiger partial charge on any atom is -0.394 e. The van der Waals surface area contributed by atoms with Gasteiger partial charge in [-0.3, -0.25) is 0 Å². The summed E-state index contributed by atoms with van der Waals surface area (Å²) in [6.45, 7) is 0.707. The van der Waals surface area contributed by atoms with Gasteiger partial charge in [-0.2, -0.15) is 0 Å². The van der Waals surface area contributed by atoms with Gasteiger partial charge in [-0.25, -0.2) is 0 Å². The Bertz CT molecular complexity index is 76.8. The highest BCUT2D eigenvalue weighted by molar-refractivity contribution is 4.74. The highest BCUT2D eigenvalue weighted by atomic mass is 16.5. The molecule has 0 aromatic heterocycles. The van der Waals surface area contributed by atoms with Crippen LogP contribution in [-0.4, -0.2) is 30.5 Å². The van der Waals surface area contributed by atoms with Crippen molar-refractivity contribution in [2.75, 3.05) is 13.2 Å². The monoisotopic (exact) mass is 117 g/mol. The third-order valence-corrected chi connectivity index (χ3v) is 1.32. The van der Waals surface area contributed by atoms with Gasteiger partial charge in [-0.15, -0.1) is 0 Å². The molecule has 1 saturated heterocycles. The van der Waals surface area contributed by atoms with Crippen molar-refractivity contribution in [3.8, 4) is 0 Å². The number of hydrogen-bond acceptors (Lipinski definition) is 3. The highest BCUT2D eigenvalue weighted by Gasteiger charge is 2.20. The molecule has 3 nitrogen and oxygen atoms in total. The molecule has 0 aromatic rings. The van der Waals surface area contributed by atoms with Gasteiger partial charge in [0.15, 0.2) is 0 Å². The highest BCUT2D eigenvalue weighted by Crippen LogP contribution is 2.09. The second kappa shape index (κ2) is 2.44.